The van der Waals surface area contributed by atoms with Crippen LogP contribution in [-0.2, 0) is 6.42 Å². The Hall–Kier alpha value is -3.07. The van der Waals surface area contributed by atoms with Gasteiger partial charge in [-0.25, -0.2) is 13.2 Å². The fraction of sp³-hybridized carbons (Fsp3) is 0.290. The molecule has 0 saturated carbocycles. The zero-order valence-electron chi connectivity index (χ0n) is 19.9. The van der Waals surface area contributed by atoms with Gasteiger partial charge in [0.25, 0.3) is 0 Å². The first-order valence-corrected chi connectivity index (χ1v) is 12.2. The third kappa shape index (κ3) is 5.35. The fourth-order valence-electron chi connectivity index (χ4n) is 4.47. The summed E-state index contributed by atoms with van der Waals surface area (Å²) in [6, 6.07) is 15.8. The zero-order chi connectivity index (χ0) is 24.1. The van der Waals surface area contributed by atoms with E-state index in [1.54, 1.807) is 30.3 Å². The number of rotatable bonds is 7. The highest BCUT2D eigenvalue weighted by Crippen LogP contribution is 2.34. The van der Waals surface area contributed by atoms with Gasteiger partial charge in [0.15, 0.2) is 11.6 Å². The summed E-state index contributed by atoms with van der Waals surface area (Å²) in [5, 5.41) is 0. The third-order valence-electron chi connectivity index (χ3n) is 6.64. The van der Waals surface area contributed by atoms with Gasteiger partial charge >= 0.3 is 0 Å². The van der Waals surface area contributed by atoms with Gasteiger partial charge in [-0.1, -0.05) is 87.0 Å². The van der Waals surface area contributed by atoms with Crippen molar-refractivity contribution in [1.29, 1.82) is 0 Å². The van der Waals surface area contributed by atoms with E-state index in [0.717, 1.165) is 48.8 Å². The normalized spacial score (nSPS) is 16.1. The molecule has 3 aromatic rings. The van der Waals surface area contributed by atoms with Crippen LogP contribution in [0.2, 0.25) is 0 Å². The molecule has 176 valence electrons. The molecule has 4 rings (SSSR count). The Bertz CT molecular complexity index is 1200. The highest BCUT2D eigenvalue weighted by atomic mass is 19.2. The van der Waals surface area contributed by atoms with Gasteiger partial charge < -0.3 is 0 Å². The quantitative estimate of drug-likeness (QED) is 0.308. The molecule has 34 heavy (non-hydrogen) atoms. The van der Waals surface area contributed by atoms with Crippen LogP contribution in [0.5, 0.6) is 0 Å². The lowest BCUT2D eigenvalue weighted by molar-refractivity contribution is 0.503. The van der Waals surface area contributed by atoms with E-state index >= 15 is 0 Å². The Morgan fingerprint density at radius 2 is 1.53 bits per heavy atom. The first-order chi connectivity index (χ1) is 16.5. The maximum atomic E-state index is 14.9. The fourth-order valence-corrected chi connectivity index (χ4v) is 4.47. The molecule has 0 N–H and O–H groups in total. The molecule has 1 aliphatic rings. The van der Waals surface area contributed by atoms with Crippen LogP contribution in [0.4, 0.5) is 13.2 Å². The topological polar surface area (TPSA) is 0 Å². The number of hydrogen-bond donors (Lipinski definition) is 0. The van der Waals surface area contributed by atoms with Crippen molar-refractivity contribution < 1.29 is 13.2 Å². The monoisotopic (exact) mass is 460 g/mol. The van der Waals surface area contributed by atoms with Gasteiger partial charge in [-0.15, -0.1) is 0 Å². The average Bonchev–Trinajstić information content (AvgIpc) is 2.85. The number of halogens is 3. The zero-order valence-corrected chi connectivity index (χ0v) is 19.9. The summed E-state index contributed by atoms with van der Waals surface area (Å²) in [7, 11) is 0. The minimum atomic E-state index is -0.834. The molecule has 1 atom stereocenters. The molecule has 0 heterocycles. The van der Waals surface area contributed by atoms with Gasteiger partial charge in [-0.3, -0.25) is 0 Å². The number of unbranched alkanes of at least 4 members (excludes halogenated alkanes) is 1. The van der Waals surface area contributed by atoms with Crippen LogP contribution in [0.1, 0.15) is 57.1 Å². The molecule has 0 aliphatic heterocycles. The molecule has 0 saturated heterocycles. The SMILES string of the molecule is CCC/C=C\Cc1ccc(-c2ccc(-c3ccc(C4=CCC(C)CC4)c(F)c3)cc2)c(F)c1F. The van der Waals surface area contributed by atoms with Crippen molar-refractivity contribution in [2.75, 3.05) is 0 Å². The van der Waals surface area contributed by atoms with Gasteiger partial charge in [-0.2, -0.15) is 0 Å². The molecule has 0 nitrogen and oxygen atoms in total. The standard InChI is InChI=1S/C31H31F3/c1-3-4-5-6-7-25-16-19-28(31(34)30(25)33)24-14-12-22(13-15-24)26-17-18-27(29(32)20-26)23-10-8-21(2)9-11-23/h5-6,10,12-21H,3-4,7-9,11H2,1-2H3/b6-5-. The molecule has 0 amide bonds. The lowest BCUT2D eigenvalue weighted by Gasteiger charge is -2.19. The van der Waals surface area contributed by atoms with Crippen LogP contribution in [0.15, 0.2) is 72.8 Å². The van der Waals surface area contributed by atoms with Crippen LogP contribution in [0, 0.1) is 23.4 Å². The second kappa shape index (κ2) is 10.9. The van der Waals surface area contributed by atoms with Gasteiger partial charge in [0, 0.05) is 11.1 Å². The van der Waals surface area contributed by atoms with Crippen LogP contribution in [-0.4, -0.2) is 0 Å². The Morgan fingerprint density at radius 1 is 0.824 bits per heavy atom. The van der Waals surface area contributed by atoms with E-state index in [9.17, 15) is 13.2 Å². The van der Waals surface area contributed by atoms with Crippen molar-refractivity contribution in [3.63, 3.8) is 0 Å². The molecule has 0 spiro atoms. The van der Waals surface area contributed by atoms with Gasteiger partial charge in [0.2, 0.25) is 0 Å². The smallest absolute Gasteiger partial charge is 0.166 e. The first-order valence-electron chi connectivity index (χ1n) is 12.2. The van der Waals surface area contributed by atoms with E-state index in [1.165, 1.54) is 0 Å². The number of allylic oxidation sites excluding steroid dienone is 4. The maximum absolute atomic E-state index is 14.9. The third-order valence-corrected chi connectivity index (χ3v) is 6.64. The number of benzene rings is 3. The lowest BCUT2D eigenvalue weighted by atomic mass is 9.87. The van der Waals surface area contributed by atoms with E-state index in [1.807, 2.05) is 36.4 Å². The number of hydrogen-bond acceptors (Lipinski definition) is 0. The summed E-state index contributed by atoms with van der Waals surface area (Å²) in [6.45, 7) is 4.29. The van der Waals surface area contributed by atoms with Crippen molar-refractivity contribution in [1.82, 2.24) is 0 Å². The average molecular weight is 461 g/mol. The van der Waals surface area contributed by atoms with Crippen molar-refractivity contribution in [3.8, 4) is 22.3 Å². The summed E-state index contributed by atoms with van der Waals surface area (Å²) in [5.74, 6) is -1.20. The van der Waals surface area contributed by atoms with Gasteiger partial charge in [0.1, 0.15) is 5.82 Å². The summed E-state index contributed by atoms with van der Waals surface area (Å²) in [5.41, 5.74) is 4.52. The Labute approximate surface area is 200 Å². The minimum Gasteiger partial charge on any atom is -0.206 e. The van der Waals surface area contributed by atoms with Crippen molar-refractivity contribution in [2.24, 2.45) is 5.92 Å². The highest BCUT2D eigenvalue weighted by Gasteiger charge is 2.16. The molecule has 3 heteroatoms. The Morgan fingerprint density at radius 3 is 2.21 bits per heavy atom. The Balaban J connectivity index is 1.53. The van der Waals surface area contributed by atoms with Crippen molar-refractivity contribution in [2.45, 2.75) is 52.4 Å². The lowest BCUT2D eigenvalue weighted by Crippen LogP contribution is -2.02. The molecule has 0 aromatic heterocycles. The molecule has 1 unspecified atom stereocenters. The second-order valence-electron chi connectivity index (χ2n) is 9.25. The van der Waals surface area contributed by atoms with E-state index < -0.39 is 11.6 Å². The summed E-state index contributed by atoms with van der Waals surface area (Å²) < 4.78 is 44.3. The largest absolute Gasteiger partial charge is 0.206 e. The molecule has 0 radical (unpaired) electrons. The molecule has 1 aliphatic carbocycles. The van der Waals surface area contributed by atoms with Crippen LogP contribution >= 0.6 is 0 Å². The molecular weight excluding hydrogens is 429 g/mol. The van der Waals surface area contributed by atoms with Crippen LogP contribution in [0.3, 0.4) is 0 Å². The van der Waals surface area contributed by atoms with Gasteiger partial charge in [-0.05, 0) is 71.9 Å². The predicted molar refractivity (Wildman–Crippen MR) is 136 cm³/mol. The minimum absolute atomic E-state index is 0.223. The maximum Gasteiger partial charge on any atom is 0.166 e. The first kappa shape index (κ1) is 24.1. The molecule has 3 aromatic carbocycles. The highest BCUT2D eigenvalue weighted by molar-refractivity contribution is 5.74. The van der Waals surface area contributed by atoms with Crippen molar-refractivity contribution in [3.05, 3.63) is 101 Å². The Kier molecular flexibility index (Phi) is 7.72. The summed E-state index contributed by atoms with van der Waals surface area (Å²) in [4.78, 5) is 0. The molecule has 0 fully saturated rings. The molecule has 0 bridgehead atoms. The summed E-state index contributed by atoms with van der Waals surface area (Å²) >= 11 is 0. The van der Waals surface area contributed by atoms with Crippen LogP contribution in [0.25, 0.3) is 27.8 Å². The van der Waals surface area contributed by atoms with E-state index in [-0.39, 0.29) is 11.4 Å². The van der Waals surface area contributed by atoms with E-state index in [0.29, 0.717) is 29.0 Å². The summed E-state index contributed by atoms with van der Waals surface area (Å²) in [6.07, 6.45) is 11.3. The van der Waals surface area contributed by atoms with Crippen molar-refractivity contribution >= 4 is 5.57 Å². The van der Waals surface area contributed by atoms with E-state index in [2.05, 4.69) is 19.9 Å². The van der Waals surface area contributed by atoms with Gasteiger partial charge in [0.05, 0.1) is 0 Å². The second-order valence-corrected chi connectivity index (χ2v) is 9.25. The predicted octanol–water partition coefficient (Wildman–Crippen LogP) is 9.54. The van der Waals surface area contributed by atoms with Crippen LogP contribution < -0.4 is 0 Å². The molecular formula is C31H31F3. The van der Waals surface area contributed by atoms with E-state index in [4.69, 9.17) is 0 Å².